The molecular weight excluding hydrogens is 362 g/mol. The van der Waals surface area contributed by atoms with E-state index in [1.165, 1.54) is 5.56 Å². The monoisotopic (exact) mass is 389 g/mol. The lowest BCUT2D eigenvalue weighted by molar-refractivity contribution is 0.0946. The standard InChI is InChI=1S/C25H27NO3/c1-2-7-20-12-14-23(15-13-20)28-17-16-26-25(27)22-10-6-11-24(18-22)29-19-21-8-4-3-5-9-21/h3-6,8-15,18H,2,7,16-17,19H2,1H3,(H,26,27). The molecule has 0 aromatic heterocycles. The summed E-state index contributed by atoms with van der Waals surface area (Å²) in [6, 6.07) is 25.3. The molecule has 1 N–H and O–H groups in total. The third-order valence-corrected chi connectivity index (χ3v) is 4.46. The molecule has 1 amide bonds. The van der Waals surface area contributed by atoms with Crippen LogP contribution in [0.4, 0.5) is 0 Å². The van der Waals surface area contributed by atoms with Gasteiger partial charge < -0.3 is 14.8 Å². The van der Waals surface area contributed by atoms with Crippen LogP contribution in [0.5, 0.6) is 11.5 Å². The molecule has 0 saturated carbocycles. The van der Waals surface area contributed by atoms with Gasteiger partial charge in [0.2, 0.25) is 0 Å². The van der Waals surface area contributed by atoms with E-state index in [-0.39, 0.29) is 5.91 Å². The first kappa shape index (κ1) is 20.5. The second kappa shape index (κ2) is 10.9. The minimum atomic E-state index is -0.142. The fraction of sp³-hybridized carbons (Fsp3) is 0.240. The quantitative estimate of drug-likeness (QED) is 0.495. The van der Waals surface area contributed by atoms with Crippen LogP contribution in [0.2, 0.25) is 0 Å². The van der Waals surface area contributed by atoms with Crippen LogP contribution in [0.15, 0.2) is 78.9 Å². The van der Waals surface area contributed by atoms with Gasteiger partial charge in [-0.25, -0.2) is 0 Å². The van der Waals surface area contributed by atoms with Gasteiger partial charge in [0.1, 0.15) is 24.7 Å². The molecule has 0 bridgehead atoms. The highest BCUT2D eigenvalue weighted by Gasteiger charge is 2.07. The summed E-state index contributed by atoms with van der Waals surface area (Å²) >= 11 is 0. The summed E-state index contributed by atoms with van der Waals surface area (Å²) in [7, 11) is 0. The van der Waals surface area contributed by atoms with Gasteiger partial charge in [0, 0.05) is 5.56 Å². The normalized spacial score (nSPS) is 10.4. The van der Waals surface area contributed by atoms with E-state index in [9.17, 15) is 4.79 Å². The minimum absolute atomic E-state index is 0.142. The van der Waals surface area contributed by atoms with Crippen molar-refractivity contribution in [1.82, 2.24) is 5.32 Å². The molecule has 3 aromatic carbocycles. The smallest absolute Gasteiger partial charge is 0.251 e. The number of hydrogen-bond acceptors (Lipinski definition) is 3. The molecule has 3 rings (SSSR count). The SMILES string of the molecule is CCCc1ccc(OCCNC(=O)c2cccc(OCc3ccccc3)c2)cc1. The molecule has 0 heterocycles. The number of amides is 1. The zero-order valence-electron chi connectivity index (χ0n) is 16.8. The number of ether oxygens (including phenoxy) is 2. The van der Waals surface area contributed by atoms with E-state index in [0.717, 1.165) is 24.2 Å². The summed E-state index contributed by atoms with van der Waals surface area (Å²) < 4.78 is 11.5. The molecule has 0 fully saturated rings. The lowest BCUT2D eigenvalue weighted by atomic mass is 10.1. The van der Waals surface area contributed by atoms with Crippen molar-refractivity contribution in [1.29, 1.82) is 0 Å². The summed E-state index contributed by atoms with van der Waals surface area (Å²) in [5.41, 5.74) is 2.96. The third-order valence-electron chi connectivity index (χ3n) is 4.46. The van der Waals surface area contributed by atoms with Crippen molar-refractivity contribution in [2.75, 3.05) is 13.2 Å². The second-order valence-corrected chi connectivity index (χ2v) is 6.80. The molecular formula is C25H27NO3. The molecule has 150 valence electrons. The van der Waals surface area contributed by atoms with Crippen molar-refractivity contribution < 1.29 is 14.3 Å². The number of benzene rings is 3. The molecule has 4 heteroatoms. The third kappa shape index (κ3) is 6.68. The van der Waals surface area contributed by atoms with E-state index in [1.807, 2.05) is 54.6 Å². The molecule has 0 aliphatic rings. The zero-order chi connectivity index (χ0) is 20.3. The Morgan fingerprint density at radius 1 is 0.828 bits per heavy atom. The molecule has 4 nitrogen and oxygen atoms in total. The highest BCUT2D eigenvalue weighted by molar-refractivity contribution is 5.94. The maximum Gasteiger partial charge on any atom is 0.251 e. The maximum absolute atomic E-state index is 12.4. The van der Waals surface area contributed by atoms with E-state index in [2.05, 4.69) is 24.4 Å². The molecule has 0 aliphatic carbocycles. The van der Waals surface area contributed by atoms with Crippen molar-refractivity contribution in [3.8, 4) is 11.5 Å². The number of carbonyl (C=O) groups is 1. The van der Waals surface area contributed by atoms with Gasteiger partial charge in [0.25, 0.3) is 5.91 Å². The number of rotatable bonds is 10. The van der Waals surface area contributed by atoms with Gasteiger partial charge in [0.15, 0.2) is 0 Å². The minimum Gasteiger partial charge on any atom is -0.492 e. The Kier molecular flexibility index (Phi) is 7.70. The molecule has 0 saturated heterocycles. The average molecular weight is 389 g/mol. The van der Waals surface area contributed by atoms with Crippen LogP contribution < -0.4 is 14.8 Å². The first-order valence-corrected chi connectivity index (χ1v) is 10.0. The van der Waals surface area contributed by atoms with Crippen LogP contribution in [0.1, 0.15) is 34.8 Å². The summed E-state index contributed by atoms with van der Waals surface area (Å²) in [6.45, 7) is 3.49. The summed E-state index contributed by atoms with van der Waals surface area (Å²) in [5, 5.41) is 2.88. The first-order chi connectivity index (χ1) is 14.2. The summed E-state index contributed by atoms with van der Waals surface area (Å²) in [4.78, 5) is 12.4. The van der Waals surface area contributed by atoms with Crippen LogP contribution in [-0.2, 0) is 13.0 Å². The number of carbonyl (C=O) groups excluding carboxylic acids is 1. The maximum atomic E-state index is 12.4. The molecule has 3 aromatic rings. The molecule has 29 heavy (non-hydrogen) atoms. The van der Waals surface area contributed by atoms with E-state index in [1.54, 1.807) is 12.1 Å². The Labute approximate surface area is 172 Å². The molecule has 0 unspecified atom stereocenters. The molecule has 0 spiro atoms. The van der Waals surface area contributed by atoms with Crippen LogP contribution in [0, 0.1) is 0 Å². The topological polar surface area (TPSA) is 47.6 Å². The second-order valence-electron chi connectivity index (χ2n) is 6.80. The van der Waals surface area contributed by atoms with E-state index >= 15 is 0 Å². The van der Waals surface area contributed by atoms with Gasteiger partial charge in [-0.3, -0.25) is 4.79 Å². The lowest BCUT2D eigenvalue weighted by Crippen LogP contribution is -2.28. The van der Waals surface area contributed by atoms with E-state index < -0.39 is 0 Å². The van der Waals surface area contributed by atoms with Crippen molar-refractivity contribution in [3.63, 3.8) is 0 Å². The molecule has 0 atom stereocenters. The van der Waals surface area contributed by atoms with Crippen molar-refractivity contribution in [2.24, 2.45) is 0 Å². The summed E-state index contributed by atoms with van der Waals surface area (Å²) in [6.07, 6.45) is 2.20. The van der Waals surface area contributed by atoms with E-state index in [0.29, 0.717) is 31.1 Å². The Morgan fingerprint density at radius 3 is 2.38 bits per heavy atom. The van der Waals surface area contributed by atoms with Gasteiger partial charge >= 0.3 is 0 Å². The number of hydrogen-bond donors (Lipinski definition) is 1. The highest BCUT2D eigenvalue weighted by Crippen LogP contribution is 2.16. The Balaban J connectivity index is 1.43. The number of nitrogens with one attached hydrogen (secondary N) is 1. The first-order valence-electron chi connectivity index (χ1n) is 10.0. The zero-order valence-corrected chi connectivity index (χ0v) is 16.8. The van der Waals surface area contributed by atoms with Crippen molar-refractivity contribution in [2.45, 2.75) is 26.4 Å². The van der Waals surface area contributed by atoms with Crippen LogP contribution in [0.3, 0.4) is 0 Å². The van der Waals surface area contributed by atoms with Gasteiger partial charge in [-0.1, -0.05) is 61.9 Å². The van der Waals surface area contributed by atoms with Crippen LogP contribution in [-0.4, -0.2) is 19.1 Å². The fourth-order valence-corrected chi connectivity index (χ4v) is 2.94. The predicted octanol–water partition coefficient (Wildman–Crippen LogP) is 5.03. The lowest BCUT2D eigenvalue weighted by Gasteiger charge is -2.10. The largest absolute Gasteiger partial charge is 0.492 e. The van der Waals surface area contributed by atoms with Crippen LogP contribution >= 0.6 is 0 Å². The van der Waals surface area contributed by atoms with Crippen molar-refractivity contribution in [3.05, 3.63) is 95.6 Å². The Hall–Kier alpha value is -3.27. The highest BCUT2D eigenvalue weighted by atomic mass is 16.5. The van der Waals surface area contributed by atoms with Crippen molar-refractivity contribution >= 4 is 5.91 Å². The van der Waals surface area contributed by atoms with Crippen LogP contribution in [0.25, 0.3) is 0 Å². The fourth-order valence-electron chi connectivity index (χ4n) is 2.94. The predicted molar refractivity (Wildman–Crippen MR) is 115 cm³/mol. The van der Waals surface area contributed by atoms with Gasteiger partial charge in [0.05, 0.1) is 6.54 Å². The van der Waals surface area contributed by atoms with Gasteiger partial charge in [-0.2, -0.15) is 0 Å². The Morgan fingerprint density at radius 2 is 1.62 bits per heavy atom. The van der Waals surface area contributed by atoms with Gasteiger partial charge in [-0.15, -0.1) is 0 Å². The molecule has 0 aliphatic heterocycles. The molecule has 0 radical (unpaired) electrons. The Bertz CT molecular complexity index is 891. The average Bonchev–Trinajstić information content (AvgIpc) is 2.77. The number of aryl methyl sites for hydroxylation is 1. The van der Waals surface area contributed by atoms with Gasteiger partial charge in [-0.05, 0) is 47.9 Å². The summed E-state index contributed by atoms with van der Waals surface area (Å²) in [5.74, 6) is 1.34. The van der Waals surface area contributed by atoms with E-state index in [4.69, 9.17) is 9.47 Å².